The topological polar surface area (TPSA) is 140 Å². The average Bonchev–Trinajstić information content (AvgIpc) is 2.42. The van der Waals surface area contributed by atoms with Crippen LogP contribution >= 0.6 is 0 Å². The van der Waals surface area contributed by atoms with Crippen LogP contribution in [0.1, 0.15) is 5.56 Å². The summed E-state index contributed by atoms with van der Waals surface area (Å²) in [7, 11) is 0. The fourth-order valence-electron chi connectivity index (χ4n) is 1.77. The number of aromatic hydroxyl groups is 1. The number of carbonyl (C=O) groups is 1. The van der Waals surface area contributed by atoms with Crippen LogP contribution in [-0.4, -0.2) is 64.9 Å². The highest BCUT2D eigenvalue weighted by atomic mass is 16.5. The van der Waals surface area contributed by atoms with Gasteiger partial charge in [0.1, 0.15) is 5.56 Å². The van der Waals surface area contributed by atoms with E-state index in [1.807, 2.05) is 14.9 Å². The van der Waals surface area contributed by atoms with Crippen molar-refractivity contribution >= 4 is 12.1 Å². The van der Waals surface area contributed by atoms with Crippen molar-refractivity contribution in [3.63, 3.8) is 0 Å². The molecule has 21 heavy (non-hydrogen) atoms. The second-order valence-corrected chi connectivity index (χ2v) is 4.35. The van der Waals surface area contributed by atoms with Crippen LogP contribution in [0.15, 0.2) is 14.7 Å². The fourth-order valence-corrected chi connectivity index (χ4v) is 1.77. The Morgan fingerprint density at radius 1 is 1.38 bits per heavy atom. The van der Waals surface area contributed by atoms with E-state index in [9.17, 15) is 19.5 Å². The second-order valence-electron chi connectivity index (χ2n) is 4.35. The van der Waals surface area contributed by atoms with Crippen LogP contribution in [0.4, 0.5) is 0 Å². The van der Waals surface area contributed by atoms with Crippen molar-refractivity contribution < 1.29 is 14.6 Å². The number of amides is 1. The molecule has 4 N–H and O–H groups in total. The van der Waals surface area contributed by atoms with Crippen molar-refractivity contribution in [2.45, 2.75) is 0 Å². The summed E-state index contributed by atoms with van der Waals surface area (Å²) in [5, 5.41) is 13.0. The van der Waals surface area contributed by atoms with Gasteiger partial charge in [0.05, 0.1) is 26.0 Å². The minimum Gasteiger partial charge on any atom is -0.494 e. The van der Waals surface area contributed by atoms with Gasteiger partial charge in [-0.3, -0.25) is 24.5 Å². The Labute approximate surface area is 118 Å². The van der Waals surface area contributed by atoms with Gasteiger partial charge in [-0.05, 0) is 0 Å². The molecule has 2 heterocycles. The van der Waals surface area contributed by atoms with Gasteiger partial charge in [-0.15, -0.1) is 0 Å². The molecule has 0 spiro atoms. The Bertz CT molecular complexity index is 643. The van der Waals surface area contributed by atoms with Crippen LogP contribution in [0.3, 0.4) is 0 Å². The highest BCUT2D eigenvalue weighted by molar-refractivity contribution is 5.84. The minimum absolute atomic E-state index is 0.161. The van der Waals surface area contributed by atoms with Crippen LogP contribution in [0.2, 0.25) is 0 Å². The molecule has 1 amide bonds. The molecular weight excluding hydrogens is 282 g/mol. The normalized spacial score (nSPS) is 16.2. The van der Waals surface area contributed by atoms with Crippen molar-refractivity contribution in [3.8, 4) is 5.88 Å². The third-order valence-electron chi connectivity index (χ3n) is 2.81. The number of H-pyrrole nitrogens is 2. The third kappa shape index (κ3) is 4.26. The predicted molar refractivity (Wildman–Crippen MR) is 72.3 cm³/mol. The first-order valence-corrected chi connectivity index (χ1v) is 6.24. The molecule has 0 saturated carbocycles. The first kappa shape index (κ1) is 14.9. The molecular formula is C11H15N5O5. The quantitative estimate of drug-likeness (QED) is 0.359. The highest BCUT2D eigenvalue weighted by Crippen LogP contribution is 2.00. The summed E-state index contributed by atoms with van der Waals surface area (Å²) in [6.07, 6.45) is 0.960. The van der Waals surface area contributed by atoms with Gasteiger partial charge in [-0.1, -0.05) is 0 Å². The number of rotatable bonds is 4. The Hall–Kier alpha value is -2.46. The Morgan fingerprint density at radius 2 is 2.10 bits per heavy atom. The molecule has 10 heteroatoms. The molecule has 0 unspecified atom stereocenters. The molecule has 1 aromatic heterocycles. The van der Waals surface area contributed by atoms with Crippen LogP contribution < -0.4 is 16.7 Å². The monoisotopic (exact) mass is 297 g/mol. The zero-order chi connectivity index (χ0) is 15.2. The van der Waals surface area contributed by atoms with Crippen LogP contribution in [0, 0.1) is 0 Å². The molecule has 0 aliphatic carbocycles. The molecule has 1 aromatic rings. The van der Waals surface area contributed by atoms with E-state index in [0.29, 0.717) is 26.3 Å². The van der Waals surface area contributed by atoms with Gasteiger partial charge in [-0.2, -0.15) is 5.10 Å². The van der Waals surface area contributed by atoms with E-state index in [-0.39, 0.29) is 18.0 Å². The molecule has 1 fully saturated rings. The van der Waals surface area contributed by atoms with Gasteiger partial charge in [0.25, 0.3) is 11.5 Å². The fraction of sp³-hybridized carbons (Fsp3) is 0.455. The van der Waals surface area contributed by atoms with E-state index >= 15 is 0 Å². The van der Waals surface area contributed by atoms with Gasteiger partial charge >= 0.3 is 5.69 Å². The number of hydrazone groups is 1. The smallest absolute Gasteiger partial charge is 0.328 e. The number of ether oxygens (including phenoxy) is 1. The molecule has 2 rings (SSSR count). The Morgan fingerprint density at radius 3 is 2.76 bits per heavy atom. The predicted octanol–water partition coefficient (Wildman–Crippen LogP) is -2.45. The van der Waals surface area contributed by atoms with Crippen molar-refractivity contribution in [1.29, 1.82) is 0 Å². The zero-order valence-electron chi connectivity index (χ0n) is 11.1. The standard InChI is InChI=1S/C11H15N5O5/c17-8(6-16-1-3-21-4-2-16)15-12-5-7-9(18)13-11(20)14-10(7)19/h5H,1-4,6H2,(H,15,17)(H3,13,14,18,19,20)/b12-5-. The van der Waals surface area contributed by atoms with Crippen molar-refractivity contribution in [2.24, 2.45) is 5.10 Å². The second kappa shape index (κ2) is 6.81. The largest absolute Gasteiger partial charge is 0.494 e. The highest BCUT2D eigenvalue weighted by Gasteiger charge is 2.13. The third-order valence-corrected chi connectivity index (χ3v) is 2.81. The summed E-state index contributed by atoms with van der Waals surface area (Å²) in [6, 6.07) is 0. The van der Waals surface area contributed by atoms with Crippen molar-refractivity contribution in [2.75, 3.05) is 32.8 Å². The summed E-state index contributed by atoms with van der Waals surface area (Å²) in [5.74, 6) is -0.969. The SMILES string of the molecule is O=C(CN1CCOCC1)N/N=C\c1c(O)[nH]c(=O)[nH]c1=O. The lowest BCUT2D eigenvalue weighted by molar-refractivity contribution is -0.123. The number of aromatic amines is 2. The first-order valence-electron chi connectivity index (χ1n) is 6.24. The maximum atomic E-state index is 11.6. The van der Waals surface area contributed by atoms with Gasteiger partial charge in [0.15, 0.2) is 0 Å². The number of nitrogens with one attached hydrogen (secondary N) is 3. The van der Waals surface area contributed by atoms with Crippen LogP contribution in [-0.2, 0) is 9.53 Å². The number of aromatic nitrogens is 2. The number of nitrogens with zero attached hydrogens (tertiary/aromatic N) is 2. The zero-order valence-corrected chi connectivity index (χ0v) is 11.1. The number of carbonyl (C=O) groups excluding carboxylic acids is 1. The number of hydrogen-bond acceptors (Lipinski definition) is 7. The number of hydrogen-bond donors (Lipinski definition) is 4. The van der Waals surface area contributed by atoms with Crippen molar-refractivity contribution in [1.82, 2.24) is 20.3 Å². The van der Waals surface area contributed by atoms with E-state index in [1.54, 1.807) is 0 Å². The van der Waals surface area contributed by atoms with Gasteiger partial charge in [0, 0.05) is 13.1 Å². The first-order chi connectivity index (χ1) is 10.1. The molecule has 0 bridgehead atoms. The summed E-state index contributed by atoms with van der Waals surface area (Å²) < 4.78 is 5.16. The molecule has 1 aliphatic rings. The summed E-state index contributed by atoms with van der Waals surface area (Å²) in [4.78, 5) is 39.7. The lowest BCUT2D eigenvalue weighted by atomic mass is 10.3. The van der Waals surface area contributed by atoms with Crippen LogP contribution in [0.5, 0.6) is 5.88 Å². The Balaban J connectivity index is 1.91. The number of morpholine rings is 1. The Kier molecular flexibility index (Phi) is 4.85. The lowest BCUT2D eigenvalue weighted by Crippen LogP contribution is -2.42. The molecule has 1 saturated heterocycles. The maximum Gasteiger partial charge on any atom is 0.328 e. The van der Waals surface area contributed by atoms with E-state index in [2.05, 4.69) is 10.5 Å². The summed E-state index contributed by atoms with van der Waals surface area (Å²) in [6.45, 7) is 2.65. The maximum absolute atomic E-state index is 11.6. The molecule has 0 aromatic carbocycles. The average molecular weight is 297 g/mol. The van der Waals surface area contributed by atoms with Gasteiger partial charge in [0.2, 0.25) is 5.88 Å². The molecule has 0 atom stereocenters. The van der Waals surface area contributed by atoms with Crippen molar-refractivity contribution in [3.05, 3.63) is 26.4 Å². The van der Waals surface area contributed by atoms with E-state index in [0.717, 1.165) is 6.21 Å². The van der Waals surface area contributed by atoms with E-state index < -0.39 is 17.1 Å². The molecule has 0 radical (unpaired) electrons. The van der Waals surface area contributed by atoms with E-state index in [1.165, 1.54) is 0 Å². The van der Waals surface area contributed by atoms with Gasteiger partial charge in [-0.25, -0.2) is 10.2 Å². The van der Waals surface area contributed by atoms with E-state index in [4.69, 9.17) is 4.74 Å². The summed E-state index contributed by atoms with van der Waals surface area (Å²) in [5.41, 5.74) is 0.360. The van der Waals surface area contributed by atoms with Gasteiger partial charge < -0.3 is 9.84 Å². The minimum atomic E-state index is -0.828. The molecule has 10 nitrogen and oxygen atoms in total. The molecule has 1 aliphatic heterocycles. The molecule has 114 valence electrons. The van der Waals surface area contributed by atoms with Crippen LogP contribution in [0.25, 0.3) is 0 Å². The lowest BCUT2D eigenvalue weighted by Gasteiger charge is -2.25. The summed E-state index contributed by atoms with van der Waals surface area (Å²) >= 11 is 0.